The standard InChI is InChI=1S/C12H9Cl2N3O3/c1-15-11-9(13)6-10(14)12(16-11)20-8-4-2-3-7(5-8)17(18)19/h2-6H,1H3,(H,15,16). The lowest BCUT2D eigenvalue weighted by Gasteiger charge is -2.09. The zero-order valence-electron chi connectivity index (χ0n) is 10.3. The molecular formula is C12H9Cl2N3O3. The Bertz CT molecular complexity index is 664. The van der Waals surface area contributed by atoms with E-state index in [9.17, 15) is 10.1 Å². The maximum absolute atomic E-state index is 10.7. The van der Waals surface area contributed by atoms with Crippen molar-refractivity contribution in [2.45, 2.75) is 0 Å². The molecule has 0 aliphatic heterocycles. The normalized spacial score (nSPS) is 10.2. The van der Waals surface area contributed by atoms with Crippen molar-refractivity contribution >= 4 is 34.7 Å². The van der Waals surface area contributed by atoms with E-state index in [2.05, 4.69) is 10.3 Å². The predicted molar refractivity (Wildman–Crippen MR) is 77.0 cm³/mol. The number of halogens is 2. The topological polar surface area (TPSA) is 77.3 Å². The molecule has 6 nitrogen and oxygen atoms in total. The molecule has 0 saturated heterocycles. The number of hydrogen-bond acceptors (Lipinski definition) is 5. The van der Waals surface area contributed by atoms with Gasteiger partial charge in [0.1, 0.15) is 16.6 Å². The number of nitrogens with zero attached hydrogens (tertiary/aromatic N) is 2. The molecule has 0 unspecified atom stereocenters. The first-order valence-electron chi connectivity index (χ1n) is 5.47. The largest absolute Gasteiger partial charge is 0.437 e. The summed E-state index contributed by atoms with van der Waals surface area (Å²) < 4.78 is 5.45. The Hall–Kier alpha value is -2.05. The van der Waals surface area contributed by atoms with Crippen LogP contribution in [-0.2, 0) is 0 Å². The van der Waals surface area contributed by atoms with Gasteiger partial charge in [-0.3, -0.25) is 10.1 Å². The van der Waals surface area contributed by atoms with E-state index in [4.69, 9.17) is 27.9 Å². The minimum absolute atomic E-state index is 0.0820. The third-order valence-corrected chi connectivity index (χ3v) is 2.94. The van der Waals surface area contributed by atoms with Crippen molar-refractivity contribution in [1.29, 1.82) is 0 Å². The van der Waals surface area contributed by atoms with Crippen molar-refractivity contribution in [1.82, 2.24) is 4.98 Å². The van der Waals surface area contributed by atoms with E-state index in [1.165, 1.54) is 24.3 Å². The second-order valence-electron chi connectivity index (χ2n) is 3.71. The highest BCUT2D eigenvalue weighted by molar-refractivity contribution is 6.36. The number of nitro groups is 1. The van der Waals surface area contributed by atoms with Crippen LogP contribution in [0, 0.1) is 10.1 Å². The Kier molecular flexibility index (Phi) is 4.26. The number of hydrogen-bond donors (Lipinski definition) is 1. The molecule has 0 saturated carbocycles. The molecule has 0 atom stereocenters. The molecule has 2 rings (SSSR count). The zero-order chi connectivity index (χ0) is 14.7. The van der Waals surface area contributed by atoms with Crippen molar-refractivity contribution in [2.24, 2.45) is 0 Å². The first-order valence-corrected chi connectivity index (χ1v) is 6.23. The summed E-state index contributed by atoms with van der Waals surface area (Å²) in [6.07, 6.45) is 0. The molecule has 2 aromatic rings. The third kappa shape index (κ3) is 3.09. The smallest absolute Gasteiger partial charge is 0.273 e. The van der Waals surface area contributed by atoms with E-state index in [1.54, 1.807) is 13.1 Å². The molecular weight excluding hydrogens is 305 g/mol. The molecule has 0 aliphatic carbocycles. The van der Waals surface area contributed by atoms with Crippen LogP contribution in [0.15, 0.2) is 30.3 Å². The van der Waals surface area contributed by atoms with Gasteiger partial charge in [0.2, 0.25) is 5.88 Å². The van der Waals surface area contributed by atoms with Crippen molar-refractivity contribution in [3.05, 3.63) is 50.5 Å². The molecule has 20 heavy (non-hydrogen) atoms. The Morgan fingerprint density at radius 1 is 1.30 bits per heavy atom. The van der Waals surface area contributed by atoms with Gasteiger partial charge in [-0.2, -0.15) is 4.98 Å². The van der Waals surface area contributed by atoms with Crippen LogP contribution in [0.3, 0.4) is 0 Å². The van der Waals surface area contributed by atoms with Gasteiger partial charge >= 0.3 is 0 Å². The van der Waals surface area contributed by atoms with Crippen molar-refractivity contribution < 1.29 is 9.66 Å². The van der Waals surface area contributed by atoms with E-state index in [-0.39, 0.29) is 22.3 Å². The quantitative estimate of drug-likeness (QED) is 0.678. The van der Waals surface area contributed by atoms with Crippen LogP contribution in [0.5, 0.6) is 11.6 Å². The monoisotopic (exact) mass is 313 g/mol. The highest BCUT2D eigenvalue weighted by atomic mass is 35.5. The molecule has 1 N–H and O–H groups in total. The van der Waals surface area contributed by atoms with Gasteiger partial charge in [-0.05, 0) is 12.1 Å². The molecule has 0 amide bonds. The number of non-ortho nitro benzene ring substituents is 1. The average Bonchev–Trinajstić information content (AvgIpc) is 2.42. The average molecular weight is 314 g/mol. The van der Waals surface area contributed by atoms with Gasteiger partial charge in [-0.25, -0.2) is 0 Å². The number of anilines is 1. The van der Waals surface area contributed by atoms with E-state index in [0.29, 0.717) is 10.8 Å². The summed E-state index contributed by atoms with van der Waals surface area (Å²) in [7, 11) is 1.65. The first kappa shape index (κ1) is 14.4. The molecule has 1 aromatic heterocycles. The molecule has 0 aliphatic rings. The van der Waals surface area contributed by atoms with Gasteiger partial charge in [0, 0.05) is 13.1 Å². The maximum Gasteiger partial charge on any atom is 0.273 e. The highest BCUT2D eigenvalue weighted by Gasteiger charge is 2.12. The summed E-state index contributed by atoms with van der Waals surface area (Å²) in [4.78, 5) is 14.3. The van der Waals surface area contributed by atoms with Crippen LogP contribution in [0.2, 0.25) is 10.0 Å². The zero-order valence-corrected chi connectivity index (χ0v) is 11.8. The molecule has 104 valence electrons. The van der Waals surface area contributed by atoms with E-state index in [0.717, 1.165) is 0 Å². The first-order chi connectivity index (χ1) is 9.51. The van der Waals surface area contributed by atoms with Crippen LogP contribution in [0.1, 0.15) is 0 Å². The molecule has 0 spiro atoms. The fourth-order valence-electron chi connectivity index (χ4n) is 1.47. The number of nitro benzene ring substituents is 1. The van der Waals surface area contributed by atoms with Crippen molar-refractivity contribution in [3.63, 3.8) is 0 Å². The summed E-state index contributed by atoms with van der Waals surface area (Å²) in [5, 5.41) is 14.0. The fraction of sp³-hybridized carbons (Fsp3) is 0.0833. The number of benzene rings is 1. The van der Waals surface area contributed by atoms with Gasteiger partial charge < -0.3 is 10.1 Å². The molecule has 0 radical (unpaired) electrons. The fourth-order valence-corrected chi connectivity index (χ4v) is 1.96. The lowest BCUT2D eigenvalue weighted by atomic mass is 10.3. The Labute approximate surface area is 124 Å². The van der Waals surface area contributed by atoms with Crippen molar-refractivity contribution in [2.75, 3.05) is 12.4 Å². The summed E-state index contributed by atoms with van der Waals surface area (Å²) in [5.41, 5.74) is -0.0820. The van der Waals surface area contributed by atoms with Crippen LogP contribution >= 0.6 is 23.2 Å². The van der Waals surface area contributed by atoms with E-state index in [1.807, 2.05) is 0 Å². The van der Waals surface area contributed by atoms with Gasteiger partial charge in [-0.1, -0.05) is 29.3 Å². The van der Waals surface area contributed by atoms with Gasteiger partial charge in [0.25, 0.3) is 5.69 Å². The highest BCUT2D eigenvalue weighted by Crippen LogP contribution is 2.34. The summed E-state index contributed by atoms with van der Waals surface area (Å²) in [5.74, 6) is 0.774. The Balaban J connectivity index is 2.34. The second kappa shape index (κ2) is 5.94. The third-order valence-electron chi connectivity index (χ3n) is 2.38. The number of ether oxygens (including phenoxy) is 1. The molecule has 0 bridgehead atoms. The van der Waals surface area contributed by atoms with Crippen LogP contribution in [0.25, 0.3) is 0 Å². The summed E-state index contributed by atoms with van der Waals surface area (Å²) in [6.45, 7) is 0. The van der Waals surface area contributed by atoms with Gasteiger partial charge in [0.15, 0.2) is 0 Å². The van der Waals surface area contributed by atoms with Crippen LogP contribution < -0.4 is 10.1 Å². The summed E-state index contributed by atoms with van der Waals surface area (Å²) in [6, 6.07) is 7.21. The summed E-state index contributed by atoms with van der Waals surface area (Å²) >= 11 is 11.9. The molecule has 1 heterocycles. The number of nitrogens with one attached hydrogen (secondary N) is 1. The van der Waals surface area contributed by atoms with Crippen LogP contribution in [-0.4, -0.2) is 17.0 Å². The second-order valence-corrected chi connectivity index (χ2v) is 4.53. The lowest BCUT2D eigenvalue weighted by Crippen LogP contribution is -1.97. The lowest BCUT2D eigenvalue weighted by molar-refractivity contribution is -0.384. The Morgan fingerprint density at radius 2 is 2.05 bits per heavy atom. The van der Waals surface area contributed by atoms with Gasteiger partial charge in [-0.15, -0.1) is 0 Å². The number of rotatable bonds is 4. The SMILES string of the molecule is CNc1nc(Oc2cccc([N+](=O)[O-])c2)c(Cl)cc1Cl. The predicted octanol–water partition coefficient (Wildman–Crippen LogP) is 4.13. The van der Waals surface area contributed by atoms with Gasteiger partial charge in [0.05, 0.1) is 16.0 Å². The van der Waals surface area contributed by atoms with E-state index < -0.39 is 4.92 Å². The molecule has 1 aromatic carbocycles. The van der Waals surface area contributed by atoms with E-state index >= 15 is 0 Å². The minimum atomic E-state index is -0.511. The molecule has 0 fully saturated rings. The number of aromatic nitrogens is 1. The maximum atomic E-state index is 10.7. The van der Waals surface area contributed by atoms with Crippen LogP contribution in [0.4, 0.5) is 11.5 Å². The Morgan fingerprint density at radius 3 is 2.70 bits per heavy atom. The molecule has 8 heteroatoms. The minimum Gasteiger partial charge on any atom is -0.437 e. The van der Waals surface area contributed by atoms with Crippen molar-refractivity contribution in [3.8, 4) is 11.6 Å². The number of pyridine rings is 1.